The van der Waals surface area contributed by atoms with Crippen LogP contribution in [-0.4, -0.2) is 12.1 Å². The number of rotatable bonds is 7. The molecular formula is C35H54O2. The summed E-state index contributed by atoms with van der Waals surface area (Å²) in [5, 5.41) is 0. The highest BCUT2D eigenvalue weighted by Gasteiger charge is 2.57. The van der Waals surface area contributed by atoms with Crippen molar-refractivity contribution in [2.45, 2.75) is 118 Å². The van der Waals surface area contributed by atoms with Crippen LogP contribution in [-0.2, 0) is 4.74 Å². The van der Waals surface area contributed by atoms with Gasteiger partial charge in [-0.05, 0) is 141 Å². The molecule has 0 N–H and O–H groups in total. The third-order valence-electron chi connectivity index (χ3n) is 12.2. The Bertz CT molecular complexity index is 918. The Balaban J connectivity index is 1.20. The van der Waals surface area contributed by atoms with E-state index in [1.54, 1.807) is 0 Å². The first kappa shape index (κ1) is 27.3. The molecule has 0 saturated heterocycles. The van der Waals surface area contributed by atoms with E-state index >= 15 is 0 Å². The van der Waals surface area contributed by atoms with Gasteiger partial charge in [-0.15, -0.1) is 0 Å². The Kier molecular flexibility index (Phi) is 7.88. The summed E-state index contributed by atoms with van der Waals surface area (Å²) < 4.78 is 6.04. The fraction of sp³-hybridized carbons (Fsp3) is 0.800. The lowest BCUT2D eigenvalue weighted by atomic mass is 9.48. The van der Waals surface area contributed by atoms with E-state index in [-0.39, 0.29) is 12.1 Å². The van der Waals surface area contributed by atoms with Crippen LogP contribution in [0.4, 0.5) is 0 Å². The number of carbonyl (C=O) groups is 1. The molecule has 2 nitrogen and oxygen atoms in total. The lowest BCUT2D eigenvalue weighted by Gasteiger charge is -2.57. The molecule has 0 amide bonds. The van der Waals surface area contributed by atoms with Crippen molar-refractivity contribution in [2.75, 3.05) is 0 Å². The number of carbonyl (C=O) groups excluding carboxylic acids is 1. The second-order valence-electron chi connectivity index (χ2n) is 15.2. The molecule has 5 rings (SSSR count). The van der Waals surface area contributed by atoms with E-state index in [0.717, 1.165) is 41.9 Å². The maximum Gasteiger partial charge on any atom is 0.338 e. The van der Waals surface area contributed by atoms with Crippen molar-refractivity contribution in [1.82, 2.24) is 0 Å². The average Bonchev–Trinajstić information content (AvgIpc) is 3.23. The second-order valence-corrected chi connectivity index (χ2v) is 15.2. The van der Waals surface area contributed by atoms with Crippen LogP contribution in [0.2, 0.25) is 0 Å². The van der Waals surface area contributed by atoms with Crippen LogP contribution >= 0.6 is 0 Å². The molecule has 0 aliphatic heterocycles. The minimum Gasteiger partial charge on any atom is -0.459 e. The molecule has 1 aromatic rings. The maximum atomic E-state index is 12.7. The van der Waals surface area contributed by atoms with Crippen LogP contribution in [0.3, 0.4) is 0 Å². The van der Waals surface area contributed by atoms with Crippen molar-refractivity contribution in [3.05, 3.63) is 35.9 Å². The monoisotopic (exact) mass is 506 g/mol. The van der Waals surface area contributed by atoms with Gasteiger partial charge in [0.2, 0.25) is 0 Å². The first-order valence-electron chi connectivity index (χ1n) is 15.8. The molecule has 0 heterocycles. The molecule has 0 radical (unpaired) electrons. The third kappa shape index (κ3) is 5.42. The Morgan fingerprint density at radius 2 is 1.59 bits per heavy atom. The van der Waals surface area contributed by atoms with E-state index in [4.69, 9.17) is 4.74 Å². The van der Waals surface area contributed by atoms with Gasteiger partial charge >= 0.3 is 5.97 Å². The smallest absolute Gasteiger partial charge is 0.338 e. The zero-order valence-electron chi connectivity index (χ0n) is 24.7. The summed E-state index contributed by atoms with van der Waals surface area (Å²) in [5.41, 5.74) is 1.77. The fourth-order valence-corrected chi connectivity index (χ4v) is 10.2. The van der Waals surface area contributed by atoms with Crippen LogP contribution in [0, 0.1) is 58.2 Å². The summed E-state index contributed by atoms with van der Waals surface area (Å²) in [4.78, 5) is 12.7. The van der Waals surface area contributed by atoms with Gasteiger partial charge in [-0.1, -0.05) is 59.7 Å². The Labute approximate surface area is 227 Å². The van der Waals surface area contributed by atoms with Crippen molar-refractivity contribution in [2.24, 2.45) is 58.2 Å². The minimum absolute atomic E-state index is 0.00160. The van der Waals surface area contributed by atoms with E-state index in [2.05, 4.69) is 41.5 Å². The molecule has 0 aromatic heterocycles. The fourth-order valence-electron chi connectivity index (χ4n) is 10.2. The minimum atomic E-state index is -0.167. The van der Waals surface area contributed by atoms with Crippen molar-refractivity contribution in [1.29, 1.82) is 0 Å². The highest BCUT2D eigenvalue weighted by molar-refractivity contribution is 5.89. The molecule has 0 bridgehead atoms. The maximum absolute atomic E-state index is 12.7. The number of fused-ring (bicyclic) bond motifs is 5. The molecule has 37 heavy (non-hydrogen) atoms. The Hall–Kier alpha value is -1.31. The molecule has 9 atom stereocenters. The van der Waals surface area contributed by atoms with Crippen LogP contribution in [0.1, 0.15) is 123 Å². The van der Waals surface area contributed by atoms with Gasteiger partial charge in [0.15, 0.2) is 0 Å². The van der Waals surface area contributed by atoms with Gasteiger partial charge in [-0.2, -0.15) is 0 Å². The van der Waals surface area contributed by atoms with E-state index in [9.17, 15) is 4.79 Å². The summed E-state index contributed by atoms with van der Waals surface area (Å²) in [6.45, 7) is 14.6. The van der Waals surface area contributed by atoms with Crippen molar-refractivity contribution >= 4 is 5.97 Å². The SMILES string of the molecule is CC(C)[C@H](CC[C@@H](C)[C@H]1CC[C@H]2[C@@H]3CC[C@H]4CC(C)(C)CC[C@@H]4[C@H]3CC[C@]12C)OC(=O)c1ccccc1. The summed E-state index contributed by atoms with van der Waals surface area (Å²) >= 11 is 0. The molecule has 4 aliphatic rings. The molecule has 4 fully saturated rings. The second kappa shape index (κ2) is 10.7. The normalized spacial score (nSPS) is 38.2. The Morgan fingerprint density at radius 3 is 2.32 bits per heavy atom. The zero-order valence-corrected chi connectivity index (χ0v) is 24.7. The van der Waals surface area contributed by atoms with E-state index in [1.165, 1.54) is 64.2 Å². The van der Waals surface area contributed by atoms with Gasteiger partial charge < -0.3 is 4.74 Å². The molecule has 1 aromatic carbocycles. The van der Waals surface area contributed by atoms with Gasteiger partial charge in [0.1, 0.15) is 6.10 Å². The van der Waals surface area contributed by atoms with Crippen molar-refractivity contribution < 1.29 is 9.53 Å². The van der Waals surface area contributed by atoms with Gasteiger partial charge in [0.25, 0.3) is 0 Å². The third-order valence-corrected chi connectivity index (χ3v) is 12.2. The average molecular weight is 507 g/mol. The van der Waals surface area contributed by atoms with Gasteiger partial charge in [0, 0.05) is 0 Å². The standard InChI is InChI=1S/C35H54O2/c1-23(2)32(37-33(36)25-10-8-7-9-11-25)17-12-24(3)30-15-16-31-29-14-13-26-22-34(4,5)20-18-27(26)28(29)19-21-35(30,31)6/h7-11,23-24,26-32H,12-22H2,1-6H3/t24-,26+,27+,28-,29-,30-,31+,32+,35-/m1/s1. The van der Waals surface area contributed by atoms with E-state index < -0.39 is 0 Å². The largest absolute Gasteiger partial charge is 0.459 e. The van der Waals surface area contributed by atoms with Gasteiger partial charge in [0.05, 0.1) is 5.56 Å². The molecule has 4 saturated carbocycles. The molecular weight excluding hydrogens is 452 g/mol. The van der Waals surface area contributed by atoms with Crippen LogP contribution in [0.15, 0.2) is 30.3 Å². The number of hydrogen-bond acceptors (Lipinski definition) is 2. The summed E-state index contributed by atoms with van der Waals surface area (Å²) in [6.07, 6.45) is 15.4. The highest BCUT2D eigenvalue weighted by atomic mass is 16.5. The summed E-state index contributed by atoms with van der Waals surface area (Å²) in [7, 11) is 0. The predicted octanol–water partition coefficient (Wildman–Crippen LogP) is 9.58. The zero-order chi connectivity index (χ0) is 26.4. The molecule has 0 spiro atoms. The lowest BCUT2D eigenvalue weighted by Crippen LogP contribution is -2.49. The topological polar surface area (TPSA) is 26.3 Å². The number of hydrogen-bond donors (Lipinski definition) is 0. The summed E-state index contributed by atoms with van der Waals surface area (Å²) in [5.74, 6) is 6.72. The molecule has 206 valence electrons. The predicted molar refractivity (Wildman–Crippen MR) is 153 cm³/mol. The van der Waals surface area contributed by atoms with Crippen LogP contribution in [0.5, 0.6) is 0 Å². The number of esters is 1. The van der Waals surface area contributed by atoms with Gasteiger partial charge in [-0.25, -0.2) is 4.79 Å². The van der Waals surface area contributed by atoms with Crippen LogP contribution in [0.25, 0.3) is 0 Å². The molecule has 0 unspecified atom stereocenters. The highest BCUT2D eigenvalue weighted by Crippen LogP contribution is 2.66. The molecule has 4 aliphatic carbocycles. The summed E-state index contributed by atoms with van der Waals surface area (Å²) in [6, 6.07) is 9.50. The Morgan fingerprint density at radius 1 is 0.865 bits per heavy atom. The number of benzene rings is 1. The van der Waals surface area contributed by atoms with Crippen LogP contribution < -0.4 is 0 Å². The molecule has 2 heteroatoms. The first-order valence-corrected chi connectivity index (χ1v) is 15.8. The first-order chi connectivity index (χ1) is 17.6. The van der Waals surface area contributed by atoms with Crippen molar-refractivity contribution in [3.8, 4) is 0 Å². The quantitative estimate of drug-likeness (QED) is 0.344. The number of ether oxygens (including phenoxy) is 1. The van der Waals surface area contributed by atoms with Gasteiger partial charge in [-0.3, -0.25) is 0 Å². The lowest BCUT2D eigenvalue weighted by molar-refractivity contribution is -0.0816. The van der Waals surface area contributed by atoms with E-state index in [1.807, 2.05) is 30.3 Å². The van der Waals surface area contributed by atoms with E-state index in [0.29, 0.717) is 28.2 Å². The van der Waals surface area contributed by atoms with Crippen molar-refractivity contribution in [3.63, 3.8) is 0 Å².